The molecule has 5 rings (SSSR count). The Bertz CT molecular complexity index is 1170. The van der Waals surface area contributed by atoms with Crippen LogP contribution in [0, 0.1) is 0 Å². The van der Waals surface area contributed by atoms with E-state index in [2.05, 4.69) is 10.2 Å². The summed E-state index contributed by atoms with van der Waals surface area (Å²) in [7, 11) is 0. The number of nitrogens with zero attached hydrogens (tertiary/aromatic N) is 3. The van der Waals surface area contributed by atoms with E-state index < -0.39 is 0 Å². The molecular weight excluding hydrogens is 418 g/mol. The zero-order valence-corrected chi connectivity index (χ0v) is 17.5. The fourth-order valence-corrected chi connectivity index (χ4v) is 4.78. The van der Waals surface area contributed by atoms with Crippen molar-refractivity contribution in [1.29, 1.82) is 0 Å². The van der Waals surface area contributed by atoms with Gasteiger partial charge in [0.05, 0.1) is 17.2 Å². The second kappa shape index (κ2) is 8.33. The van der Waals surface area contributed by atoms with Gasteiger partial charge >= 0.3 is 0 Å². The number of benzene rings is 2. The molecule has 0 spiro atoms. The maximum Gasteiger partial charge on any atom is 0.231 e. The van der Waals surface area contributed by atoms with Crippen LogP contribution in [0.15, 0.2) is 71.2 Å². The molecule has 150 valence electrons. The number of hydrogen-bond donors (Lipinski definition) is 0. The maximum absolute atomic E-state index is 12.5. The Morgan fingerprint density at radius 2 is 1.90 bits per heavy atom. The van der Waals surface area contributed by atoms with Gasteiger partial charge in [-0.05, 0) is 29.1 Å². The molecule has 0 radical (unpaired) electrons. The summed E-state index contributed by atoms with van der Waals surface area (Å²) in [5.74, 6) is 2.66. The van der Waals surface area contributed by atoms with E-state index in [0.717, 1.165) is 33.3 Å². The lowest BCUT2D eigenvalue weighted by Gasteiger charge is -2.11. The summed E-state index contributed by atoms with van der Waals surface area (Å²) in [6.07, 6.45) is 0. The van der Waals surface area contributed by atoms with Crippen LogP contribution in [0.25, 0.3) is 11.4 Å². The van der Waals surface area contributed by atoms with Crippen LogP contribution in [0.5, 0.6) is 11.5 Å². The van der Waals surface area contributed by atoms with Crippen LogP contribution >= 0.6 is 23.1 Å². The monoisotopic (exact) mass is 435 g/mol. The van der Waals surface area contributed by atoms with Crippen LogP contribution in [0.4, 0.5) is 0 Å². The molecule has 0 unspecified atom stereocenters. The Labute approximate surface area is 181 Å². The zero-order valence-electron chi connectivity index (χ0n) is 15.9. The number of thioether (sulfide) groups is 1. The minimum atomic E-state index is 0.0916. The number of fused-ring (bicyclic) bond motifs is 1. The van der Waals surface area contributed by atoms with Crippen molar-refractivity contribution < 1.29 is 14.3 Å². The van der Waals surface area contributed by atoms with E-state index in [-0.39, 0.29) is 12.6 Å². The van der Waals surface area contributed by atoms with Crippen molar-refractivity contribution in [2.75, 3.05) is 12.5 Å². The number of thiophene rings is 1. The summed E-state index contributed by atoms with van der Waals surface area (Å²) in [6.45, 7) is 0.802. The summed E-state index contributed by atoms with van der Waals surface area (Å²) in [5.41, 5.74) is 2.02. The van der Waals surface area contributed by atoms with Gasteiger partial charge in [0.25, 0.3) is 0 Å². The molecule has 6 nitrogen and oxygen atoms in total. The molecule has 0 aliphatic carbocycles. The first-order valence-electron chi connectivity index (χ1n) is 9.34. The van der Waals surface area contributed by atoms with Gasteiger partial charge in [-0.2, -0.15) is 0 Å². The molecule has 0 atom stereocenters. The number of Topliss-reactive ketones (excluding diaryl/α,β-unsaturated/α-hetero) is 1. The largest absolute Gasteiger partial charge is 0.454 e. The van der Waals surface area contributed by atoms with Gasteiger partial charge < -0.3 is 9.47 Å². The Balaban J connectivity index is 1.45. The molecule has 4 aromatic rings. The Hall–Kier alpha value is -3.10. The third-order valence-corrected chi connectivity index (χ3v) is 6.53. The summed E-state index contributed by atoms with van der Waals surface area (Å²) in [5, 5.41) is 11.4. The molecule has 0 bridgehead atoms. The van der Waals surface area contributed by atoms with Crippen LogP contribution in [0.3, 0.4) is 0 Å². The summed E-state index contributed by atoms with van der Waals surface area (Å²) in [4.78, 5) is 13.2. The molecule has 1 aliphatic rings. The third kappa shape index (κ3) is 3.83. The van der Waals surface area contributed by atoms with Crippen molar-refractivity contribution in [2.45, 2.75) is 11.7 Å². The van der Waals surface area contributed by atoms with Crippen molar-refractivity contribution in [3.63, 3.8) is 0 Å². The van der Waals surface area contributed by atoms with E-state index in [1.54, 1.807) is 0 Å². The highest BCUT2D eigenvalue weighted by atomic mass is 32.2. The number of carbonyl (C=O) groups excluding carboxylic acids is 1. The minimum absolute atomic E-state index is 0.0916. The van der Waals surface area contributed by atoms with Crippen LogP contribution in [-0.4, -0.2) is 33.1 Å². The average Bonchev–Trinajstić information content (AvgIpc) is 3.53. The second-order valence-electron chi connectivity index (χ2n) is 6.64. The first kappa shape index (κ1) is 18.9. The Morgan fingerprint density at radius 1 is 1.03 bits per heavy atom. The van der Waals surface area contributed by atoms with Gasteiger partial charge in [0.2, 0.25) is 6.79 Å². The van der Waals surface area contributed by atoms with Crippen molar-refractivity contribution in [1.82, 2.24) is 14.8 Å². The average molecular weight is 436 g/mol. The van der Waals surface area contributed by atoms with Gasteiger partial charge in [0.1, 0.15) is 0 Å². The topological polar surface area (TPSA) is 66.2 Å². The van der Waals surface area contributed by atoms with E-state index in [9.17, 15) is 4.79 Å². The highest BCUT2D eigenvalue weighted by Crippen LogP contribution is 2.34. The highest BCUT2D eigenvalue weighted by molar-refractivity contribution is 7.99. The van der Waals surface area contributed by atoms with E-state index in [0.29, 0.717) is 17.5 Å². The normalized spacial score (nSPS) is 12.3. The number of ketones is 1. The number of ether oxygens (including phenoxy) is 2. The fraction of sp³-hybridized carbons (Fsp3) is 0.136. The maximum atomic E-state index is 12.5. The van der Waals surface area contributed by atoms with Crippen LogP contribution in [0.2, 0.25) is 0 Å². The summed E-state index contributed by atoms with van der Waals surface area (Å²) < 4.78 is 13.0. The quantitative estimate of drug-likeness (QED) is 0.308. The van der Waals surface area contributed by atoms with Crippen molar-refractivity contribution in [3.05, 3.63) is 76.5 Å². The standard InChI is InChI=1S/C22H17N3O3S2/c26-17(20-7-4-10-29-20)13-30-22-24-23-21(16-5-2-1-3-6-16)25(22)12-15-8-9-18-19(11-15)28-14-27-18/h1-11H,12-14H2. The molecular formula is C22H17N3O3S2. The van der Waals surface area contributed by atoms with Gasteiger partial charge in [0.15, 0.2) is 28.3 Å². The Kier molecular flexibility index (Phi) is 5.25. The van der Waals surface area contributed by atoms with Crippen molar-refractivity contribution in [2.24, 2.45) is 0 Å². The lowest BCUT2D eigenvalue weighted by atomic mass is 10.2. The number of carbonyl (C=O) groups is 1. The van der Waals surface area contributed by atoms with Gasteiger partial charge in [0, 0.05) is 5.56 Å². The molecule has 8 heteroatoms. The SMILES string of the molecule is O=C(CSc1nnc(-c2ccccc2)n1Cc1ccc2c(c1)OCO2)c1cccs1. The van der Waals surface area contributed by atoms with Crippen LogP contribution in [0.1, 0.15) is 15.2 Å². The van der Waals surface area contributed by atoms with Gasteiger partial charge in [-0.3, -0.25) is 9.36 Å². The molecule has 30 heavy (non-hydrogen) atoms. The predicted octanol–water partition coefficient (Wildman–Crippen LogP) is 4.76. The van der Waals surface area contributed by atoms with Crippen LogP contribution < -0.4 is 9.47 Å². The molecule has 0 amide bonds. The molecule has 1 aliphatic heterocycles. The van der Waals surface area contributed by atoms with Gasteiger partial charge in [-0.15, -0.1) is 21.5 Å². The molecule has 0 N–H and O–H groups in total. The van der Waals surface area contributed by atoms with E-state index >= 15 is 0 Å². The third-order valence-electron chi connectivity index (χ3n) is 4.65. The second-order valence-corrected chi connectivity index (χ2v) is 8.53. The number of aromatic nitrogens is 3. The smallest absolute Gasteiger partial charge is 0.231 e. The zero-order chi connectivity index (χ0) is 20.3. The van der Waals surface area contributed by atoms with Crippen molar-refractivity contribution >= 4 is 28.9 Å². The van der Waals surface area contributed by atoms with Gasteiger partial charge in [-0.25, -0.2) is 0 Å². The number of hydrogen-bond acceptors (Lipinski definition) is 7. The highest BCUT2D eigenvalue weighted by Gasteiger charge is 2.19. The lowest BCUT2D eigenvalue weighted by molar-refractivity contribution is 0.102. The Morgan fingerprint density at radius 3 is 2.73 bits per heavy atom. The fourth-order valence-electron chi connectivity index (χ4n) is 3.20. The van der Waals surface area contributed by atoms with E-state index in [4.69, 9.17) is 9.47 Å². The lowest BCUT2D eigenvalue weighted by Crippen LogP contribution is -2.06. The molecule has 3 heterocycles. The molecule has 2 aromatic carbocycles. The molecule has 2 aromatic heterocycles. The predicted molar refractivity (Wildman–Crippen MR) is 116 cm³/mol. The number of rotatable bonds is 7. The molecule has 0 saturated heterocycles. The first-order chi connectivity index (χ1) is 14.8. The first-order valence-corrected chi connectivity index (χ1v) is 11.2. The summed E-state index contributed by atoms with van der Waals surface area (Å²) >= 11 is 2.86. The minimum Gasteiger partial charge on any atom is -0.454 e. The van der Waals surface area contributed by atoms with Crippen LogP contribution in [-0.2, 0) is 6.54 Å². The van der Waals surface area contributed by atoms with Crippen molar-refractivity contribution in [3.8, 4) is 22.9 Å². The summed E-state index contributed by atoms with van der Waals surface area (Å²) in [6, 6.07) is 19.6. The molecule has 0 saturated carbocycles. The molecule has 0 fully saturated rings. The van der Waals surface area contributed by atoms with Gasteiger partial charge in [-0.1, -0.05) is 54.2 Å². The van der Waals surface area contributed by atoms with E-state index in [1.165, 1.54) is 23.1 Å². The van der Waals surface area contributed by atoms with E-state index in [1.807, 2.05) is 70.6 Å².